The predicted molar refractivity (Wildman–Crippen MR) is 102 cm³/mol. The van der Waals surface area contributed by atoms with Crippen LogP contribution in [0.4, 0.5) is 5.69 Å². The van der Waals surface area contributed by atoms with Gasteiger partial charge in [0.1, 0.15) is 0 Å². The van der Waals surface area contributed by atoms with Crippen LogP contribution in [0.2, 0.25) is 0 Å². The third kappa shape index (κ3) is 3.69. The number of anilines is 1. The van der Waals surface area contributed by atoms with Crippen molar-refractivity contribution in [1.82, 2.24) is 4.90 Å². The fraction of sp³-hybridized carbons (Fsp3) is 0.286. The summed E-state index contributed by atoms with van der Waals surface area (Å²) in [6.07, 6.45) is 0.442. The zero-order valence-electron chi connectivity index (χ0n) is 15.3. The van der Waals surface area contributed by atoms with Crippen LogP contribution in [0.15, 0.2) is 54.6 Å². The smallest absolute Gasteiger partial charge is 0.308 e. The zero-order valence-corrected chi connectivity index (χ0v) is 15.3. The summed E-state index contributed by atoms with van der Waals surface area (Å²) in [4.78, 5) is 40.0. The lowest BCUT2D eigenvalue weighted by Crippen LogP contribution is -2.37. The summed E-state index contributed by atoms with van der Waals surface area (Å²) >= 11 is 0. The Morgan fingerprint density at radius 1 is 1.04 bits per heavy atom. The number of likely N-dealkylation sites (tertiary alicyclic amines) is 1. The second-order valence-corrected chi connectivity index (χ2v) is 6.75. The molecule has 27 heavy (non-hydrogen) atoms. The number of amides is 2. The highest BCUT2D eigenvalue weighted by atomic mass is 16.4. The maximum absolute atomic E-state index is 12.8. The molecule has 0 aliphatic carbocycles. The van der Waals surface area contributed by atoms with Crippen molar-refractivity contribution >= 4 is 23.5 Å². The number of carbonyl (C=O) groups excluding carboxylic acids is 2. The molecule has 3 rings (SSSR count). The molecule has 0 bridgehead atoms. The molecule has 2 atom stereocenters. The monoisotopic (exact) mass is 366 g/mol. The Hall–Kier alpha value is -3.15. The van der Waals surface area contributed by atoms with E-state index in [1.807, 2.05) is 30.3 Å². The van der Waals surface area contributed by atoms with Crippen molar-refractivity contribution in [3.8, 4) is 0 Å². The molecule has 2 amide bonds. The van der Waals surface area contributed by atoms with Crippen molar-refractivity contribution < 1.29 is 19.5 Å². The maximum atomic E-state index is 12.8. The van der Waals surface area contributed by atoms with Gasteiger partial charge in [0.15, 0.2) is 0 Å². The molecule has 2 unspecified atom stereocenters. The van der Waals surface area contributed by atoms with Crippen LogP contribution in [0.25, 0.3) is 0 Å². The van der Waals surface area contributed by atoms with Gasteiger partial charge in [-0.15, -0.1) is 0 Å². The number of aliphatic carboxylic acids is 1. The maximum Gasteiger partial charge on any atom is 0.308 e. The highest BCUT2D eigenvalue weighted by molar-refractivity contribution is 6.07. The molecule has 1 N–H and O–H groups in total. The Kier molecular flexibility index (Phi) is 5.26. The first kappa shape index (κ1) is 18.6. The van der Waals surface area contributed by atoms with E-state index in [1.165, 1.54) is 4.90 Å². The summed E-state index contributed by atoms with van der Waals surface area (Å²) in [6, 6.07) is 15.5. The molecule has 0 spiro atoms. The highest BCUT2D eigenvalue weighted by Gasteiger charge is 2.38. The summed E-state index contributed by atoms with van der Waals surface area (Å²) < 4.78 is 0. The van der Waals surface area contributed by atoms with Crippen molar-refractivity contribution in [2.45, 2.75) is 19.4 Å². The van der Waals surface area contributed by atoms with Crippen LogP contribution in [-0.4, -0.2) is 47.4 Å². The summed E-state index contributed by atoms with van der Waals surface area (Å²) in [7, 11) is 1.69. The number of benzene rings is 2. The van der Waals surface area contributed by atoms with Crippen LogP contribution < -0.4 is 4.90 Å². The van der Waals surface area contributed by atoms with Crippen molar-refractivity contribution in [3.63, 3.8) is 0 Å². The van der Waals surface area contributed by atoms with E-state index in [2.05, 4.69) is 0 Å². The number of rotatable bonds is 4. The fourth-order valence-corrected chi connectivity index (χ4v) is 3.47. The van der Waals surface area contributed by atoms with Crippen molar-refractivity contribution in [1.29, 1.82) is 0 Å². The van der Waals surface area contributed by atoms with Gasteiger partial charge in [-0.05, 0) is 43.7 Å². The Bertz CT molecular complexity index is 865. The molecule has 0 saturated carbocycles. The molecule has 2 aromatic rings. The topological polar surface area (TPSA) is 77.9 Å². The molecule has 0 aromatic heterocycles. The van der Waals surface area contributed by atoms with Gasteiger partial charge in [0, 0.05) is 36.4 Å². The van der Waals surface area contributed by atoms with Crippen molar-refractivity contribution in [2.24, 2.45) is 5.92 Å². The number of para-hydroxylation sites is 1. The van der Waals surface area contributed by atoms with Gasteiger partial charge in [0.2, 0.25) is 0 Å². The van der Waals surface area contributed by atoms with Crippen LogP contribution in [0.1, 0.15) is 34.1 Å². The molecule has 0 radical (unpaired) electrons. The standard InChI is InChI=1S/C21H22N2O4/c1-14-18(21(26)27)11-12-23(14)20(25)16-8-6-7-15(13-16)19(24)22(2)17-9-4-3-5-10-17/h3-10,13-14,18H,11-12H2,1-2H3,(H,26,27). The van der Waals surface area contributed by atoms with Crippen molar-refractivity contribution in [3.05, 3.63) is 65.7 Å². The van der Waals surface area contributed by atoms with Crippen LogP contribution in [0, 0.1) is 5.92 Å². The van der Waals surface area contributed by atoms with Gasteiger partial charge in [0.25, 0.3) is 11.8 Å². The Labute approximate surface area is 158 Å². The summed E-state index contributed by atoms with van der Waals surface area (Å²) in [5.74, 6) is -1.90. The summed E-state index contributed by atoms with van der Waals surface area (Å²) in [6.45, 7) is 2.15. The third-order valence-electron chi connectivity index (χ3n) is 5.14. The van der Waals surface area contributed by atoms with Gasteiger partial charge >= 0.3 is 5.97 Å². The third-order valence-corrected chi connectivity index (χ3v) is 5.14. The molecule has 2 aromatic carbocycles. The molecule has 6 heteroatoms. The number of hydrogen-bond donors (Lipinski definition) is 1. The average Bonchev–Trinajstić information content (AvgIpc) is 3.08. The van der Waals surface area contributed by atoms with Crippen LogP contribution in [-0.2, 0) is 4.79 Å². The van der Waals surface area contributed by atoms with E-state index in [-0.39, 0.29) is 17.9 Å². The molecule has 1 aliphatic rings. The van der Waals surface area contributed by atoms with E-state index in [9.17, 15) is 19.5 Å². The molecule has 1 fully saturated rings. The molecular formula is C21H22N2O4. The van der Waals surface area contributed by atoms with Crippen LogP contribution in [0.5, 0.6) is 0 Å². The molecule has 1 heterocycles. The fourth-order valence-electron chi connectivity index (χ4n) is 3.47. The minimum absolute atomic E-state index is 0.214. The van der Waals surface area contributed by atoms with Crippen LogP contribution >= 0.6 is 0 Å². The summed E-state index contributed by atoms with van der Waals surface area (Å²) in [5, 5.41) is 9.25. The second kappa shape index (κ2) is 7.61. The minimum Gasteiger partial charge on any atom is -0.481 e. The number of carboxylic acids is 1. The van der Waals surface area contributed by atoms with E-state index < -0.39 is 11.9 Å². The summed E-state index contributed by atoms with van der Waals surface area (Å²) in [5.41, 5.74) is 1.56. The lowest BCUT2D eigenvalue weighted by molar-refractivity contribution is -0.142. The number of carboxylic acid groups (broad SMARTS) is 1. The van der Waals surface area contributed by atoms with Gasteiger partial charge in [-0.2, -0.15) is 0 Å². The first-order valence-electron chi connectivity index (χ1n) is 8.87. The van der Waals surface area contributed by atoms with Gasteiger partial charge in [-0.3, -0.25) is 14.4 Å². The zero-order chi connectivity index (χ0) is 19.6. The van der Waals surface area contributed by atoms with Crippen molar-refractivity contribution in [2.75, 3.05) is 18.5 Å². The average molecular weight is 366 g/mol. The van der Waals surface area contributed by atoms with E-state index in [0.717, 1.165) is 5.69 Å². The largest absolute Gasteiger partial charge is 0.481 e. The van der Waals surface area contributed by atoms with E-state index >= 15 is 0 Å². The number of nitrogens with zero attached hydrogens (tertiary/aromatic N) is 2. The number of hydrogen-bond acceptors (Lipinski definition) is 3. The lowest BCUT2D eigenvalue weighted by atomic mass is 10.0. The first-order valence-corrected chi connectivity index (χ1v) is 8.87. The van der Waals surface area contributed by atoms with E-state index in [4.69, 9.17) is 0 Å². The van der Waals surface area contributed by atoms with Gasteiger partial charge in [-0.1, -0.05) is 24.3 Å². The molecular weight excluding hydrogens is 344 g/mol. The first-order chi connectivity index (χ1) is 12.9. The number of carbonyl (C=O) groups is 3. The van der Waals surface area contributed by atoms with Crippen LogP contribution in [0.3, 0.4) is 0 Å². The Balaban J connectivity index is 1.80. The Morgan fingerprint density at radius 3 is 2.33 bits per heavy atom. The van der Waals surface area contributed by atoms with Gasteiger partial charge in [-0.25, -0.2) is 0 Å². The normalized spacial score (nSPS) is 19.0. The predicted octanol–water partition coefficient (Wildman–Crippen LogP) is 2.90. The molecule has 1 aliphatic heterocycles. The quantitative estimate of drug-likeness (QED) is 0.902. The van der Waals surface area contributed by atoms with Gasteiger partial charge < -0.3 is 14.9 Å². The van der Waals surface area contributed by atoms with E-state index in [1.54, 1.807) is 43.1 Å². The lowest BCUT2D eigenvalue weighted by Gasteiger charge is -2.24. The highest BCUT2D eigenvalue weighted by Crippen LogP contribution is 2.26. The van der Waals surface area contributed by atoms with E-state index in [0.29, 0.717) is 24.1 Å². The van der Waals surface area contributed by atoms with Gasteiger partial charge in [0.05, 0.1) is 5.92 Å². The minimum atomic E-state index is -0.883. The second-order valence-electron chi connectivity index (χ2n) is 6.75. The Morgan fingerprint density at radius 2 is 1.70 bits per heavy atom. The SMILES string of the molecule is CC1C(C(=O)O)CCN1C(=O)c1cccc(C(=O)N(C)c2ccccc2)c1. The molecule has 140 valence electrons. The molecule has 1 saturated heterocycles. The molecule has 6 nitrogen and oxygen atoms in total.